The molecule has 0 aliphatic rings. The van der Waals surface area contributed by atoms with Gasteiger partial charge in [0.15, 0.2) is 0 Å². The summed E-state index contributed by atoms with van der Waals surface area (Å²) in [5, 5.41) is 1.65. The fourth-order valence-electron chi connectivity index (χ4n) is 2.36. The monoisotopic (exact) mass is 609 g/mol. The van der Waals surface area contributed by atoms with Gasteiger partial charge in [0, 0.05) is 0 Å². The van der Waals surface area contributed by atoms with E-state index >= 15 is 0 Å². The molecule has 0 saturated heterocycles. The van der Waals surface area contributed by atoms with Crippen LogP contribution in [-0.2, 0) is 53.2 Å². The van der Waals surface area contributed by atoms with E-state index in [-0.39, 0.29) is 18.8 Å². The number of hydrogen-bond donors (Lipinski definition) is 1. The van der Waals surface area contributed by atoms with E-state index in [9.17, 15) is 27.6 Å². The van der Waals surface area contributed by atoms with Gasteiger partial charge in [-0.1, -0.05) is 0 Å². The molecule has 1 unspecified atom stereocenters. The Bertz CT molecular complexity index is 755. The van der Waals surface area contributed by atoms with Crippen LogP contribution in [0.3, 0.4) is 0 Å². The van der Waals surface area contributed by atoms with Gasteiger partial charge in [0.25, 0.3) is 0 Å². The molecule has 1 N–H and O–H groups in total. The van der Waals surface area contributed by atoms with Crippen LogP contribution in [-0.4, -0.2) is 50.9 Å². The predicted molar refractivity (Wildman–Crippen MR) is 89.3 cm³/mol. The molecule has 1 amide bonds. The van der Waals surface area contributed by atoms with Crippen LogP contribution in [0.25, 0.3) is 0 Å². The summed E-state index contributed by atoms with van der Waals surface area (Å²) in [7, 11) is 2.76. The maximum atomic E-state index is 12.7. The summed E-state index contributed by atoms with van der Waals surface area (Å²) in [4.78, 5) is 34.7. The quantitative estimate of drug-likeness (QED) is 0.331. The fraction of sp³-hybridized carbons (Fsp3) is 0.471. The van der Waals surface area contributed by atoms with Crippen molar-refractivity contribution in [3.05, 3.63) is 17.7 Å². The van der Waals surface area contributed by atoms with Gasteiger partial charge in [-0.05, 0) is 0 Å². The van der Waals surface area contributed by atoms with Crippen LogP contribution < -0.4 is 17.9 Å². The van der Waals surface area contributed by atoms with Crippen LogP contribution in [0.2, 0.25) is 0 Å². The number of esters is 1. The van der Waals surface area contributed by atoms with Crippen molar-refractivity contribution in [3.8, 4) is 11.5 Å². The molecule has 1 rings (SSSR count). The van der Waals surface area contributed by atoms with Crippen LogP contribution in [0.15, 0.2) is 12.1 Å². The molecule has 0 heterocycles. The number of methoxy groups -OCH3 is 2. The van der Waals surface area contributed by atoms with Gasteiger partial charge in [0.2, 0.25) is 0 Å². The Morgan fingerprint density at radius 1 is 1.14 bits per heavy atom. The third kappa shape index (κ3) is 7.71. The van der Waals surface area contributed by atoms with Crippen molar-refractivity contribution in [3.63, 3.8) is 0 Å². The summed E-state index contributed by atoms with van der Waals surface area (Å²) in [5.74, 6) is -3.16. The molecule has 0 aliphatic carbocycles. The van der Waals surface area contributed by atoms with Crippen LogP contribution in [0.1, 0.15) is 19.4 Å². The van der Waals surface area contributed by atoms with Gasteiger partial charge in [-0.25, -0.2) is 0 Å². The normalized spacial score (nSPS) is 11.7. The molecule has 0 spiro atoms. The molecule has 0 fully saturated rings. The van der Waals surface area contributed by atoms with E-state index in [2.05, 4.69) is 0 Å². The Morgan fingerprint density at radius 2 is 1.72 bits per heavy atom. The maximum absolute atomic E-state index is 12.7. The molecule has 29 heavy (non-hydrogen) atoms. The molecule has 1 aromatic carbocycles. The van der Waals surface area contributed by atoms with Gasteiger partial charge in [0.05, 0.1) is 0 Å². The van der Waals surface area contributed by atoms with Crippen molar-refractivity contribution < 1.29 is 69.4 Å². The van der Waals surface area contributed by atoms with Gasteiger partial charge in [-0.15, -0.1) is 0 Å². The number of benzene rings is 1. The number of halogens is 3. The first-order chi connectivity index (χ1) is 13.5. The van der Waals surface area contributed by atoms with Crippen molar-refractivity contribution >= 4 is 20.9 Å². The zero-order valence-corrected chi connectivity index (χ0v) is 21.8. The standard InChI is InChI=1S/C15H17F3NO5.C2H4O2.Hg/c1-4-24-13(20)10(19-14(21)15(16,17)18)7-9-5-6-11(22-2)12(8-9)23-3;1-2(3)4;/h6,8,10H,4,7H2,1-3H3,(H,19,21);1H3,(H,3,4);/q;;+1/p-1. The van der Waals surface area contributed by atoms with Crippen molar-refractivity contribution in [1.82, 2.24) is 5.32 Å². The molecule has 8 nitrogen and oxygen atoms in total. The molecule has 0 aromatic heterocycles. The molecule has 0 radical (unpaired) electrons. The molecule has 12 heteroatoms. The Morgan fingerprint density at radius 3 is 2.21 bits per heavy atom. The molecule has 0 bridgehead atoms. The Balaban J connectivity index is 3.30. The van der Waals surface area contributed by atoms with Crippen molar-refractivity contribution in [1.29, 1.82) is 0 Å². The number of alkyl halides is 3. The molecule has 0 aliphatic heterocycles. The van der Waals surface area contributed by atoms with E-state index in [4.69, 9.17) is 16.9 Å². The number of hydrogen-bond acceptors (Lipinski definition) is 7. The molecule has 158 valence electrons. The second-order valence-corrected chi connectivity index (χ2v) is 10.9. The number of nitrogens with one attached hydrogen (secondary N) is 1. The van der Waals surface area contributed by atoms with Crippen LogP contribution in [0.4, 0.5) is 13.2 Å². The van der Waals surface area contributed by atoms with Gasteiger partial charge in [0.1, 0.15) is 0 Å². The van der Waals surface area contributed by atoms with Gasteiger partial charge < -0.3 is 0 Å². The van der Waals surface area contributed by atoms with E-state index in [1.54, 1.807) is 11.4 Å². The summed E-state index contributed by atoms with van der Waals surface area (Å²) >= 11 is -2.50. The molecule has 1 aromatic rings. The third-order valence-corrected chi connectivity index (χ3v) is 9.60. The summed E-state index contributed by atoms with van der Waals surface area (Å²) < 4.78 is 58.9. The van der Waals surface area contributed by atoms with Crippen molar-refractivity contribution in [2.75, 3.05) is 20.8 Å². The number of carbonyl (C=O) groups excluding carboxylic acids is 3. The fourth-order valence-corrected chi connectivity index (χ4v) is 6.48. The van der Waals surface area contributed by atoms with E-state index in [1.807, 2.05) is 0 Å². The third-order valence-electron chi connectivity index (χ3n) is 3.69. The van der Waals surface area contributed by atoms with Gasteiger partial charge in [-0.3, -0.25) is 0 Å². The summed E-state index contributed by atoms with van der Waals surface area (Å²) in [6, 6.07) is 1.45. The second kappa shape index (κ2) is 11.2. The van der Waals surface area contributed by atoms with E-state index < -0.39 is 55.1 Å². The summed E-state index contributed by atoms with van der Waals surface area (Å²) in [6.45, 7) is 2.65. The minimum atomic E-state index is -5.16. The summed E-state index contributed by atoms with van der Waals surface area (Å²) in [6.07, 6.45) is -5.47. The average Bonchev–Trinajstić information content (AvgIpc) is 2.64. The predicted octanol–water partition coefficient (Wildman–Crippen LogP) is 1.04. The Hall–Kier alpha value is -2.04. The summed E-state index contributed by atoms with van der Waals surface area (Å²) in [5.41, 5.74) is 0.395. The number of amides is 1. The van der Waals surface area contributed by atoms with Crippen LogP contribution >= 0.6 is 0 Å². The van der Waals surface area contributed by atoms with E-state index in [1.165, 1.54) is 34.1 Å². The molecule has 0 saturated carbocycles. The topological polar surface area (TPSA) is 100 Å². The molecular weight excluding hydrogens is 588 g/mol. The number of carbonyl (C=O) groups is 3. The zero-order chi connectivity index (χ0) is 22.2. The van der Waals surface area contributed by atoms with Crippen LogP contribution in [0.5, 0.6) is 11.5 Å². The second-order valence-electron chi connectivity index (χ2n) is 5.74. The van der Waals surface area contributed by atoms with Gasteiger partial charge >= 0.3 is 178 Å². The number of rotatable bonds is 9. The Labute approximate surface area is 178 Å². The first-order valence-corrected chi connectivity index (χ1v) is 13.4. The van der Waals surface area contributed by atoms with Crippen molar-refractivity contribution in [2.45, 2.75) is 32.5 Å². The van der Waals surface area contributed by atoms with Crippen molar-refractivity contribution in [2.24, 2.45) is 0 Å². The van der Waals surface area contributed by atoms with Gasteiger partial charge in [-0.2, -0.15) is 0 Å². The average molecular weight is 608 g/mol. The number of ether oxygens (including phenoxy) is 3. The van der Waals surface area contributed by atoms with E-state index in [0.29, 0.717) is 14.4 Å². The minimum absolute atomic E-state index is 0.0799. The van der Waals surface area contributed by atoms with E-state index in [0.717, 1.165) is 0 Å². The SMILES string of the molecule is CCOC(=O)C(Cc1cc(OC)c(OC)c[c]1[Hg][O]C(C)=O)NC(=O)C(F)(F)F. The first kappa shape index (κ1) is 25.0. The molecular formula is C17H20F3HgNO7. The zero-order valence-electron chi connectivity index (χ0n) is 16.3. The molecule has 1 atom stereocenters. The Kier molecular flexibility index (Phi) is 9.67. The first-order valence-electron chi connectivity index (χ1n) is 8.44. The van der Waals surface area contributed by atoms with Crippen LogP contribution in [0, 0.1) is 0 Å².